The van der Waals surface area contributed by atoms with Crippen molar-refractivity contribution in [3.8, 4) is 0 Å². The number of hydrogen-bond acceptors (Lipinski definition) is 2. The van der Waals surface area contributed by atoms with Crippen LogP contribution < -0.4 is 0 Å². The third-order valence-corrected chi connectivity index (χ3v) is 3.31. The lowest BCUT2D eigenvalue weighted by molar-refractivity contribution is 0.0530. The molecule has 0 unspecified atom stereocenters. The molecule has 0 spiro atoms. The lowest BCUT2D eigenvalue weighted by atomic mass is 10.0. The number of carbonyl (C=O) groups excluding carboxylic acids is 1. The quantitative estimate of drug-likeness (QED) is 0.812. The van der Waals surface area contributed by atoms with E-state index in [1.54, 1.807) is 6.33 Å². The number of aromatic amines is 1. The summed E-state index contributed by atoms with van der Waals surface area (Å²) in [6.45, 7) is 5.89. The van der Waals surface area contributed by atoms with Crippen LogP contribution in [0, 0.1) is 12.8 Å². The molecule has 0 bridgehead atoms. The summed E-state index contributed by atoms with van der Waals surface area (Å²) >= 11 is 0. The highest BCUT2D eigenvalue weighted by atomic mass is 16.2. The molecule has 4 heteroatoms. The molecule has 0 atom stereocenters. The molecule has 1 aromatic carbocycles. The maximum Gasteiger partial charge on any atom is 0.253 e. The Bertz CT molecular complexity index is 581. The summed E-state index contributed by atoms with van der Waals surface area (Å²) in [5.41, 5.74) is 3.67. The lowest BCUT2D eigenvalue weighted by Gasteiger charge is -2.37. The largest absolute Gasteiger partial charge is 0.345 e. The van der Waals surface area contributed by atoms with Crippen LogP contribution in [-0.4, -0.2) is 33.9 Å². The summed E-state index contributed by atoms with van der Waals surface area (Å²) in [5, 5.41) is 0. The summed E-state index contributed by atoms with van der Waals surface area (Å²) in [6.07, 6.45) is 1.66. The van der Waals surface area contributed by atoms with Crippen molar-refractivity contribution in [3.05, 3.63) is 29.6 Å². The van der Waals surface area contributed by atoms with Crippen LogP contribution >= 0.6 is 0 Å². The van der Waals surface area contributed by atoms with Crippen molar-refractivity contribution >= 4 is 16.9 Å². The van der Waals surface area contributed by atoms with E-state index < -0.39 is 0 Å². The van der Waals surface area contributed by atoms with Crippen LogP contribution in [0.4, 0.5) is 0 Å². The summed E-state index contributed by atoms with van der Waals surface area (Å²) in [5.74, 6) is 0.763. The number of aromatic nitrogens is 2. The van der Waals surface area contributed by atoms with Crippen LogP contribution in [-0.2, 0) is 0 Å². The van der Waals surface area contributed by atoms with Gasteiger partial charge in [-0.05, 0) is 30.5 Å². The molecule has 0 radical (unpaired) electrons. The van der Waals surface area contributed by atoms with Gasteiger partial charge in [-0.25, -0.2) is 4.98 Å². The summed E-state index contributed by atoms with van der Waals surface area (Å²) < 4.78 is 0. The van der Waals surface area contributed by atoms with E-state index >= 15 is 0 Å². The summed E-state index contributed by atoms with van der Waals surface area (Å²) in [6, 6.07) is 3.81. The highest BCUT2D eigenvalue weighted by Crippen LogP contribution is 2.22. The van der Waals surface area contributed by atoms with Gasteiger partial charge in [-0.3, -0.25) is 4.79 Å². The van der Waals surface area contributed by atoms with Crippen LogP contribution in [0.1, 0.15) is 22.8 Å². The van der Waals surface area contributed by atoms with Gasteiger partial charge in [0.2, 0.25) is 0 Å². The molecular weight excluding hydrogens is 214 g/mol. The topological polar surface area (TPSA) is 49.0 Å². The number of aryl methyl sites for hydroxylation is 1. The number of amides is 1. The highest BCUT2D eigenvalue weighted by molar-refractivity contribution is 5.98. The van der Waals surface area contributed by atoms with E-state index in [0.29, 0.717) is 5.92 Å². The Balaban J connectivity index is 1.97. The van der Waals surface area contributed by atoms with Crippen LogP contribution in [0.2, 0.25) is 0 Å². The SMILES string of the molecule is Cc1cc(C(=O)N2CC(C)C2)cc2[nH]cnc12. The Kier molecular flexibility index (Phi) is 2.18. The number of H-pyrrole nitrogens is 1. The second-order valence-corrected chi connectivity index (χ2v) is 4.91. The van der Waals surface area contributed by atoms with Gasteiger partial charge in [-0.2, -0.15) is 0 Å². The van der Waals surface area contributed by atoms with E-state index in [1.165, 1.54) is 0 Å². The first-order chi connectivity index (χ1) is 8.15. The average Bonchev–Trinajstić information content (AvgIpc) is 2.72. The number of imidazole rings is 1. The molecule has 17 heavy (non-hydrogen) atoms. The Hall–Kier alpha value is -1.84. The van der Waals surface area contributed by atoms with Crippen molar-refractivity contribution in [2.75, 3.05) is 13.1 Å². The maximum atomic E-state index is 12.2. The van der Waals surface area contributed by atoms with Crippen molar-refractivity contribution in [1.29, 1.82) is 0 Å². The number of nitrogens with zero attached hydrogens (tertiary/aromatic N) is 2. The summed E-state index contributed by atoms with van der Waals surface area (Å²) in [4.78, 5) is 21.4. The number of rotatable bonds is 1. The van der Waals surface area contributed by atoms with Gasteiger partial charge in [0.05, 0.1) is 17.4 Å². The first-order valence-corrected chi connectivity index (χ1v) is 5.88. The highest BCUT2D eigenvalue weighted by Gasteiger charge is 2.28. The molecule has 0 saturated carbocycles. The van der Waals surface area contributed by atoms with Crippen LogP contribution in [0.15, 0.2) is 18.5 Å². The van der Waals surface area contributed by atoms with Crippen LogP contribution in [0.3, 0.4) is 0 Å². The summed E-state index contributed by atoms with van der Waals surface area (Å²) in [7, 11) is 0. The molecule has 3 rings (SSSR count). The van der Waals surface area contributed by atoms with Gasteiger partial charge in [-0.15, -0.1) is 0 Å². The smallest absolute Gasteiger partial charge is 0.253 e. The van der Waals surface area contributed by atoms with E-state index in [0.717, 1.165) is 35.2 Å². The van der Waals surface area contributed by atoms with Crippen molar-refractivity contribution in [3.63, 3.8) is 0 Å². The van der Waals surface area contributed by atoms with Gasteiger partial charge < -0.3 is 9.88 Å². The number of likely N-dealkylation sites (tertiary alicyclic amines) is 1. The van der Waals surface area contributed by atoms with Crippen molar-refractivity contribution in [1.82, 2.24) is 14.9 Å². The number of nitrogens with one attached hydrogen (secondary N) is 1. The molecule has 4 nitrogen and oxygen atoms in total. The monoisotopic (exact) mass is 229 g/mol. The minimum absolute atomic E-state index is 0.128. The zero-order valence-corrected chi connectivity index (χ0v) is 10.0. The van der Waals surface area contributed by atoms with Crippen molar-refractivity contribution in [2.45, 2.75) is 13.8 Å². The van der Waals surface area contributed by atoms with Crippen molar-refractivity contribution in [2.24, 2.45) is 5.92 Å². The number of benzene rings is 1. The van der Waals surface area contributed by atoms with Crippen LogP contribution in [0.5, 0.6) is 0 Å². The van der Waals surface area contributed by atoms with Gasteiger partial charge in [0.25, 0.3) is 5.91 Å². The first kappa shape index (κ1) is 10.3. The molecule has 1 amide bonds. The average molecular weight is 229 g/mol. The molecule has 1 fully saturated rings. The van der Waals surface area contributed by atoms with Gasteiger partial charge in [-0.1, -0.05) is 6.92 Å². The Morgan fingerprint density at radius 3 is 2.94 bits per heavy atom. The fourth-order valence-corrected chi connectivity index (χ4v) is 2.40. The molecule has 2 heterocycles. The van der Waals surface area contributed by atoms with E-state index in [2.05, 4.69) is 16.9 Å². The van der Waals surface area contributed by atoms with Crippen LogP contribution in [0.25, 0.3) is 11.0 Å². The molecular formula is C13H15N3O. The molecule has 2 aromatic rings. The maximum absolute atomic E-state index is 12.2. The van der Waals surface area contributed by atoms with Gasteiger partial charge in [0.1, 0.15) is 0 Å². The van der Waals surface area contributed by atoms with E-state index in [-0.39, 0.29) is 5.91 Å². The van der Waals surface area contributed by atoms with Gasteiger partial charge in [0.15, 0.2) is 0 Å². The molecule has 1 aromatic heterocycles. The predicted octanol–water partition coefficient (Wildman–Crippen LogP) is 1.96. The standard InChI is InChI=1S/C13H15N3O/c1-8-5-16(6-8)13(17)10-3-9(2)12-11(4-10)14-7-15-12/h3-4,7-8H,5-6H2,1-2H3,(H,14,15). The second kappa shape index (κ2) is 3.58. The normalized spacial score (nSPS) is 16.2. The lowest BCUT2D eigenvalue weighted by Crippen LogP contribution is -2.48. The molecule has 1 aliphatic rings. The fraction of sp³-hybridized carbons (Fsp3) is 0.385. The number of fused-ring (bicyclic) bond motifs is 1. The van der Waals surface area contributed by atoms with Gasteiger partial charge >= 0.3 is 0 Å². The van der Waals surface area contributed by atoms with E-state index in [9.17, 15) is 4.79 Å². The zero-order chi connectivity index (χ0) is 12.0. The molecule has 1 N–H and O–H groups in total. The minimum Gasteiger partial charge on any atom is -0.345 e. The zero-order valence-electron chi connectivity index (χ0n) is 10.0. The minimum atomic E-state index is 0.128. The fourth-order valence-electron chi connectivity index (χ4n) is 2.40. The Morgan fingerprint density at radius 2 is 2.24 bits per heavy atom. The van der Waals surface area contributed by atoms with Crippen molar-refractivity contribution < 1.29 is 4.79 Å². The molecule has 1 aliphatic heterocycles. The van der Waals surface area contributed by atoms with E-state index in [4.69, 9.17) is 0 Å². The Morgan fingerprint density at radius 1 is 1.47 bits per heavy atom. The third-order valence-electron chi connectivity index (χ3n) is 3.31. The third kappa shape index (κ3) is 1.60. The predicted molar refractivity (Wildman–Crippen MR) is 65.9 cm³/mol. The molecule has 1 saturated heterocycles. The number of carbonyl (C=O) groups is 1. The second-order valence-electron chi connectivity index (χ2n) is 4.91. The molecule has 88 valence electrons. The number of hydrogen-bond donors (Lipinski definition) is 1. The Labute approximate surface area is 99.6 Å². The van der Waals surface area contributed by atoms with Gasteiger partial charge in [0, 0.05) is 18.7 Å². The first-order valence-electron chi connectivity index (χ1n) is 5.88. The van der Waals surface area contributed by atoms with E-state index in [1.807, 2.05) is 24.0 Å². The molecule has 0 aliphatic carbocycles.